The number of nitrogens with one attached hydrogen (secondary N) is 1. The van der Waals surface area contributed by atoms with Gasteiger partial charge in [0, 0.05) is 12.0 Å². The fourth-order valence-electron chi connectivity index (χ4n) is 3.43. The van der Waals surface area contributed by atoms with Gasteiger partial charge in [-0.15, -0.1) is 0 Å². The molecule has 0 radical (unpaired) electrons. The first-order chi connectivity index (χ1) is 12.3. The zero-order valence-electron chi connectivity index (χ0n) is 14.0. The standard InChI is InChI=1S/C18H17ClF3N3O/c1-10-23-9-14(19)16(24-10)17(26)25-15-8-4-6-12(15)11-5-2-3-7-13(11)18(20,21)22/h2-3,5,7,9,12,15H,4,6,8H2,1H3,(H,25,26). The number of aromatic nitrogens is 2. The predicted molar refractivity (Wildman–Crippen MR) is 91.1 cm³/mol. The maximum absolute atomic E-state index is 13.3. The number of carbonyl (C=O) groups excluding carboxylic acids is 1. The van der Waals surface area contributed by atoms with Crippen molar-refractivity contribution in [3.05, 3.63) is 58.1 Å². The van der Waals surface area contributed by atoms with Crippen LogP contribution in [0.2, 0.25) is 5.02 Å². The number of aryl methyl sites for hydroxylation is 1. The zero-order valence-corrected chi connectivity index (χ0v) is 14.7. The minimum absolute atomic E-state index is 0.0360. The summed E-state index contributed by atoms with van der Waals surface area (Å²) in [5.41, 5.74) is -0.399. The molecule has 138 valence electrons. The number of hydrogen-bond donors (Lipinski definition) is 1. The molecule has 0 saturated heterocycles. The minimum atomic E-state index is -4.43. The number of carbonyl (C=O) groups is 1. The second-order valence-electron chi connectivity index (χ2n) is 6.32. The van der Waals surface area contributed by atoms with Gasteiger partial charge in [0.2, 0.25) is 0 Å². The van der Waals surface area contributed by atoms with Crippen molar-refractivity contribution in [2.45, 2.75) is 44.3 Å². The molecule has 1 amide bonds. The van der Waals surface area contributed by atoms with Crippen molar-refractivity contribution in [2.24, 2.45) is 0 Å². The van der Waals surface area contributed by atoms with Crippen LogP contribution in [0.15, 0.2) is 30.5 Å². The maximum atomic E-state index is 13.3. The molecular weight excluding hydrogens is 367 g/mol. The first-order valence-electron chi connectivity index (χ1n) is 8.23. The normalized spacial score (nSPS) is 20.2. The molecule has 4 nitrogen and oxygen atoms in total. The smallest absolute Gasteiger partial charge is 0.347 e. The van der Waals surface area contributed by atoms with E-state index in [1.165, 1.54) is 18.3 Å². The van der Waals surface area contributed by atoms with Crippen LogP contribution in [0.25, 0.3) is 0 Å². The van der Waals surface area contributed by atoms with E-state index in [4.69, 9.17) is 11.6 Å². The molecule has 1 fully saturated rings. The molecular formula is C18H17ClF3N3O. The Labute approximate surface area is 153 Å². The largest absolute Gasteiger partial charge is 0.416 e. The second-order valence-corrected chi connectivity index (χ2v) is 6.72. The minimum Gasteiger partial charge on any atom is -0.347 e. The SMILES string of the molecule is Cc1ncc(Cl)c(C(=O)NC2CCCC2c2ccccc2C(F)(F)F)n1. The molecule has 8 heteroatoms. The van der Waals surface area contributed by atoms with E-state index in [9.17, 15) is 18.0 Å². The summed E-state index contributed by atoms with van der Waals surface area (Å²) < 4.78 is 40.0. The van der Waals surface area contributed by atoms with Crippen LogP contribution in [-0.2, 0) is 6.18 Å². The highest BCUT2D eigenvalue weighted by atomic mass is 35.5. The van der Waals surface area contributed by atoms with E-state index in [1.54, 1.807) is 13.0 Å². The number of nitrogens with zero attached hydrogens (tertiary/aromatic N) is 2. The lowest BCUT2D eigenvalue weighted by Gasteiger charge is -2.24. The van der Waals surface area contributed by atoms with Gasteiger partial charge in [0.15, 0.2) is 0 Å². The molecule has 2 aromatic rings. The fraction of sp³-hybridized carbons (Fsp3) is 0.389. The van der Waals surface area contributed by atoms with Crippen molar-refractivity contribution in [2.75, 3.05) is 0 Å². The van der Waals surface area contributed by atoms with Crippen LogP contribution in [0, 0.1) is 6.92 Å². The Balaban J connectivity index is 1.86. The Hall–Kier alpha value is -2.15. The summed E-state index contributed by atoms with van der Waals surface area (Å²) in [4.78, 5) is 20.5. The van der Waals surface area contributed by atoms with Crippen LogP contribution in [0.5, 0.6) is 0 Å². The lowest BCUT2D eigenvalue weighted by atomic mass is 9.89. The molecule has 0 spiro atoms. The predicted octanol–water partition coefficient (Wildman–Crippen LogP) is 4.52. The molecule has 0 aliphatic heterocycles. The molecule has 1 aromatic carbocycles. The van der Waals surface area contributed by atoms with Gasteiger partial charge in [-0.25, -0.2) is 9.97 Å². The number of hydrogen-bond acceptors (Lipinski definition) is 3. The third kappa shape index (κ3) is 3.82. The van der Waals surface area contributed by atoms with E-state index in [0.717, 1.165) is 12.5 Å². The Bertz CT molecular complexity index is 826. The van der Waals surface area contributed by atoms with Crippen LogP contribution < -0.4 is 5.32 Å². The Kier molecular flexibility index (Phi) is 5.18. The average molecular weight is 384 g/mol. The van der Waals surface area contributed by atoms with Gasteiger partial charge in [-0.2, -0.15) is 13.2 Å². The van der Waals surface area contributed by atoms with Crippen molar-refractivity contribution in [1.82, 2.24) is 15.3 Å². The maximum Gasteiger partial charge on any atom is 0.416 e. The third-order valence-corrected chi connectivity index (χ3v) is 4.85. The van der Waals surface area contributed by atoms with Crippen molar-refractivity contribution >= 4 is 17.5 Å². The summed E-state index contributed by atoms with van der Waals surface area (Å²) in [7, 11) is 0. The highest BCUT2D eigenvalue weighted by Gasteiger charge is 2.39. The van der Waals surface area contributed by atoms with Gasteiger partial charge in [0.05, 0.1) is 16.8 Å². The molecule has 1 aliphatic carbocycles. The Morgan fingerprint density at radius 1 is 1.27 bits per heavy atom. The average Bonchev–Trinajstić information content (AvgIpc) is 3.04. The summed E-state index contributed by atoms with van der Waals surface area (Å²) in [6.45, 7) is 1.63. The van der Waals surface area contributed by atoms with E-state index in [1.807, 2.05) is 0 Å². The number of alkyl halides is 3. The molecule has 0 bridgehead atoms. The quantitative estimate of drug-likeness (QED) is 0.847. The summed E-state index contributed by atoms with van der Waals surface area (Å²) in [6.07, 6.45) is -1.18. The van der Waals surface area contributed by atoms with Gasteiger partial charge in [-0.1, -0.05) is 36.2 Å². The monoisotopic (exact) mass is 383 g/mol. The Morgan fingerprint density at radius 3 is 2.73 bits per heavy atom. The van der Waals surface area contributed by atoms with Crippen molar-refractivity contribution in [1.29, 1.82) is 0 Å². The second kappa shape index (κ2) is 7.23. The summed E-state index contributed by atoms with van der Waals surface area (Å²) in [6, 6.07) is 5.12. The van der Waals surface area contributed by atoms with Crippen LogP contribution in [0.4, 0.5) is 13.2 Å². The van der Waals surface area contributed by atoms with Crippen molar-refractivity contribution in [3.63, 3.8) is 0 Å². The summed E-state index contributed by atoms with van der Waals surface area (Å²) in [5, 5.41) is 2.92. The van der Waals surface area contributed by atoms with Gasteiger partial charge >= 0.3 is 6.18 Å². The van der Waals surface area contributed by atoms with Crippen LogP contribution in [0.3, 0.4) is 0 Å². The number of halogens is 4. The Morgan fingerprint density at radius 2 is 2.00 bits per heavy atom. The van der Waals surface area contributed by atoms with E-state index in [-0.39, 0.29) is 16.3 Å². The third-order valence-electron chi connectivity index (χ3n) is 4.58. The van der Waals surface area contributed by atoms with Crippen molar-refractivity contribution < 1.29 is 18.0 Å². The van der Waals surface area contributed by atoms with Gasteiger partial charge in [-0.3, -0.25) is 4.79 Å². The molecule has 1 N–H and O–H groups in total. The molecule has 1 heterocycles. The highest BCUT2D eigenvalue weighted by molar-refractivity contribution is 6.33. The van der Waals surface area contributed by atoms with Gasteiger partial charge in [0.25, 0.3) is 5.91 Å². The topological polar surface area (TPSA) is 54.9 Å². The van der Waals surface area contributed by atoms with Gasteiger partial charge in [0.1, 0.15) is 11.5 Å². The number of rotatable bonds is 3. The molecule has 1 aromatic heterocycles. The molecule has 26 heavy (non-hydrogen) atoms. The lowest BCUT2D eigenvalue weighted by Crippen LogP contribution is -2.37. The molecule has 3 rings (SSSR count). The molecule has 2 unspecified atom stereocenters. The summed E-state index contributed by atoms with van der Waals surface area (Å²) in [5.74, 6) is -0.509. The van der Waals surface area contributed by atoms with E-state index < -0.39 is 29.6 Å². The van der Waals surface area contributed by atoms with Crippen LogP contribution >= 0.6 is 11.6 Å². The van der Waals surface area contributed by atoms with Gasteiger partial charge in [-0.05, 0) is 31.4 Å². The molecule has 1 aliphatic rings. The first-order valence-corrected chi connectivity index (χ1v) is 8.61. The number of amides is 1. The first kappa shape index (κ1) is 18.6. The zero-order chi connectivity index (χ0) is 18.9. The van der Waals surface area contributed by atoms with E-state index >= 15 is 0 Å². The highest BCUT2D eigenvalue weighted by Crippen LogP contribution is 2.41. The lowest BCUT2D eigenvalue weighted by molar-refractivity contribution is -0.138. The van der Waals surface area contributed by atoms with E-state index in [0.29, 0.717) is 18.7 Å². The van der Waals surface area contributed by atoms with Crippen molar-refractivity contribution in [3.8, 4) is 0 Å². The number of benzene rings is 1. The molecule has 2 atom stereocenters. The summed E-state index contributed by atoms with van der Waals surface area (Å²) >= 11 is 5.98. The van der Waals surface area contributed by atoms with Crippen LogP contribution in [-0.4, -0.2) is 21.9 Å². The fourth-order valence-corrected chi connectivity index (χ4v) is 3.61. The molecule has 1 saturated carbocycles. The van der Waals surface area contributed by atoms with E-state index in [2.05, 4.69) is 15.3 Å². The van der Waals surface area contributed by atoms with Gasteiger partial charge < -0.3 is 5.32 Å². The van der Waals surface area contributed by atoms with Crippen LogP contribution in [0.1, 0.15) is 52.6 Å².